The molecule has 2 fully saturated rings. The van der Waals surface area contributed by atoms with E-state index < -0.39 is 0 Å². The maximum atomic E-state index is 11.0. The van der Waals surface area contributed by atoms with Gasteiger partial charge in [0.25, 0.3) is 3.91 Å². The van der Waals surface area contributed by atoms with Gasteiger partial charge in [0.15, 0.2) is 0 Å². The fraction of sp³-hybridized carbons (Fsp3) is 0.923. The summed E-state index contributed by atoms with van der Waals surface area (Å²) in [6, 6.07) is 0.429. The maximum absolute atomic E-state index is 11.0. The van der Waals surface area contributed by atoms with Crippen molar-refractivity contribution in [1.82, 2.24) is 15.1 Å². The molecular formula is C13H24IN3O. The fourth-order valence-electron chi connectivity index (χ4n) is 3.05. The molecule has 0 aromatic rings. The third-order valence-corrected chi connectivity index (χ3v) is 4.59. The van der Waals surface area contributed by atoms with Gasteiger partial charge >= 0.3 is 0 Å². The van der Waals surface area contributed by atoms with Crippen molar-refractivity contribution in [3.63, 3.8) is 0 Å². The minimum Gasteiger partial charge on any atom is -0.345 e. The molecule has 1 saturated heterocycles. The number of likely N-dealkylation sites (N-methyl/N-ethyl adjacent to an activating group) is 1. The molecule has 0 aromatic heterocycles. The monoisotopic (exact) mass is 365 g/mol. The Bertz CT molecular complexity index is 271. The summed E-state index contributed by atoms with van der Waals surface area (Å²) >= 11 is 1.83. The zero-order chi connectivity index (χ0) is 13.0. The van der Waals surface area contributed by atoms with Gasteiger partial charge in [0, 0.05) is 61.4 Å². The van der Waals surface area contributed by atoms with Crippen molar-refractivity contribution >= 4 is 26.5 Å². The zero-order valence-corrected chi connectivity index (χ0v) is 13.4. The van der Waals surface area contributed by atoms with Crippen LogP contribution in [0.2, 0.25) is 0 Å². The number of piperazine rings is 1. The predicted molar refractivity (Wildman–Crippen MR) is 82.2 cm³/mol. The summed E-state index contributed by atoms with van der Waals surface area (Å²) in [5.41, 5.74) is 0. The van der Waals surface area contributed by atoms with Crippen molar-refractivity contribution in [2.24, 2.45) is 5.92 Å². The van der Waals surface area contributed by atoms with Crippen LogP contribution < -0.4 is 5.32 Å². The van der Waals surface area contributed by atoms with Crippen molar-refractivity contribution < 1.29 is 4.79 Å². The van der Waals surface area contributed by atoms with Crippen LogP contribution >= 0.6 is 22.6 Å². The van der Waals surface area contributed by atoms with Crippen molar-refractivity contribution in [2.45, 2.75) is 31.7 Å². The average molecular weight is 365 g/mol. The van der Waals surface area contributed by atoms with E-state index in [2.05, 4.69) is 22.2 Å². The number of hydrogen-bond acceptors (Lipinski definition) is 3. The molecule has 1 aliphatic heterocycles. The summed E-state index contributed by atoms with van der Waals surface area (Å²) in [7, 11) is 2.20. The molecule has 2 rings (SSSR count). The van der Waals surface area contributed by atoms with Crippen LogP contribution in [0.5, 0.6) is 0 Å². The van der Waals surface area contributed by atoms with Crippen LogP contribution in [-0.4, -0.2) is 59.5 Å². The Hall–Kier alpha value is 0.120. The molecule has 1 amide bonds. The van der Waals surface area contributed by atoms with Gasteiger partial charge in [-0.3, -0.25) is 4.79 Å². The minimum atomic E-state index is 0.0927. The fourth-order valence-corrected chi connectivity index (χ4v) is 3.49. The van der Waals surface area contributed by atoms with Gasteiger partial charge in [-0.05, 0) is 38.6 Å². The summed E-state index contributed by atoms with van der Waals surface area (Å²) < 4.78 is 0.0927. The van der Waals surface area contributed by atoms with E-state index in [0.29, 0.717) is 6.04 Å². The average Bonchev–Trinajstić information content (AvgIpc) is 2.34. The van der Waals surface area contributed by atoms with Crippen LogP contribution in [0.25, 0.3) is 0 Å². The normalized spacial score (nSPS) is 31.2. The third-order valence-electron chi connectivity index (χ3n) is 4.28. The van der Waals surface area contributed by atoms with Gasteiger partial charge < -0.3 is 15.1 Å². The van der Waals surface area contributed by atoms with Crippen LogP contribution in [0.3, 0.4) is 0 Å². The van der Waals surface area contributed by atoms with Gasteiger partial charge in [0.2, 0.25) is 0 Å². The second-order valence-electron chi connectivity index (χ2n) is 5.74. The lowest BCUT2D eigenvalue weighted by Crippen LogP contribution is -2.46. The predicted octanol–water partition coefficient (Wildman–Crippen LogP) is 1.94. The van der Waals surface area contributed by atoms with E-state index in [1.807, 2.05) is 22.6 Å². The Balaban J connectivity index is 1.65. The van der Waals surface area contributed by atoms with E-state index in [-0.39, 0.29) is 3.91 Å². The van der Waals surface area contributed by atoms with Crippen molar-refractivity contribution in [2.75, 3.05) is 39.8 Å². The first kappa shape index (κ1) is 14.5. The number of halogens is 1. The van der Waals surface area contributed by atoms with Crippen LogP contribution in [0, 0.1) is 5.92 Å². The van der Waals surface area contributed by atoms with E-state index in [1.165, 1.54) is 45.6 Å². The number of hydrogen-bond donors (Lipinski definition) is 1. The lowest BCUT2D eigenvalue weighted by Gasteiger charge is -2.36. The highest BCUT2D eigenvalue weighted by atomic mass is 127. The number of nitrogens with zero attached hydrogens (tertiary/aromatic N) is 2. The van der Waals surface area contributed by atoms with Crippen molar-refractivity contribution in [1.29, 1.82) is 0 Å². The third kappa shape index (κ3) is 4.66. The Kier molecular flexibility index (Phi) is 5.69. The second-order valence-corrected chi connectivity index (χ2v) is 6.72. The van der Waals surface area contributed by atoms with Crippen molar-refractivity contribution in [3.05, 3.63) is 0 Å². The smallest absolute Gasteiger partial charge is 0.280 e. The molecule has 1 N–H and O–H groups in total. The molecule has 0 spiro atoms. The molecule has 1 aliphatic carbocycles. The summed E-state index contributed by atoms with van der Waals surface area (Å²) in [6.07, 6.45) is 4.86. The molecule has 18 heavy (non-hydrogen) atoms. The van der Waals surface area contributed by atoms with Crippen LogP contribution in [0.1, 0.15) is 25.7 Å². The minimum absolute atomic E-state index is 0.0927. The van der Waals surface area contributed by atoms with Crippen LogP contribution in [-0.2, 0) is 0 Å². The number of carbonyl (C=O) groups excluding carboxylic acids is 1. The summed E-state index contributed by atoms with van der Waals surface area (Å²) in [4.78, 5) is 16.0. The Morgan fingerprint density at radius 1 is 1.17 bits per heavy atom. The van der Waals surface area contributed by atoms with Crippen LogP contribution in [0.4, 0.5) is 4.79 Å². The zero-order valence-electron chi connectivity index (χ0n) is 11.2. The highest BCUT2D eigenvalue weighted by Crippen LogP contribution is 2.25. The maximum Gasteiger partial charge on any atom is 0.280 e. The molecule has 0 atom stereocenters. The molecule has 0 radical (unpaired) electrons. The topological polar surface area (TPSA) is 35.6 Å². The summed E-state index contributed by atoms with van der Waals surface area (Å²) in [5.74, 6) is 0.843. The van der Waals surface area contributed by atoms with E-state index in [0.717, 1.165) is 18.8 Å². The van der Waals surface area contributed by atoms with Crippen LogP contribution in [0.15, 0.2) is 0 Å². The quantitative estimate of drug-likeness (QED) is 0.472. The summed E-state index contributed by atoms with van der Waals surface area (Å²) in [6.45, 7) is 6.13. The summed E-state index contributed by atoms with van der Waals surface area (Å²) in [5, 5.41) is 3.04. The van der Waals surface area contributed by atoms with E-state index in [4.69, 9.17) is 0 Å². The molecule has 1 heterocycles. The van der Waals surface area contributed by atoms with Gasteiger partial charge in [0.05, 0.1) is 0 Å². The molecule has 1 saturated carbocycles. The second kappa shape index (κ2) is 7.05. The molecule has 0 unspecified atom stereocenters. The Morgan fingerprint density at radius 2 is 1.78 bits per heavy atom. The number of nitrogens with one attached hydrogen (secondary N) is 1. The highest BCUT2D eigenvalue weighted by molar-refractivity contribution is 14.1. The van der Waals surface area contributed by atoms with Gasteiger partial charge in [-0.25, -0.2) is 0 Å². The van der Waals surface area contributed by atoms with Gasteiger partial charge in [-0.1, -0.05) is 0 Å². The lowest BCUT2D eigenvalue weighted by atomic mass is 9.85. The first-order valence-electron chi connectivity index (χ1n) is 7.00. The molecule has 2 aliphatic rings. The molecule has 5 heteroatoms. The molecular weight excluding hydrogens is 341 g/mol. The Morgan fingerprint density at radius 3 is 2.33 bits per heavy atom. The van der Waals surface area contributed by atoms with Gasteiger partial charge in [-0.2, -0.15) is 0 Å². The lowest BCUT2D eigenvalue weighted by molar-refractivity contribution is 0.122. The van der Waals surface area contributed by atoms with E-state index in [1.54, 1.807) is 0 Å². The van der Waals surface area contributed by atoms with Gasteiger partial charge in [-0.15, -0.1) is 0 Å². The molecule has 4 nitrogen and oxygen atoms in total. The molecule has 104 valence electrons. The van der Waals surface area contributed by atoms with Gasteiger partial charge in [0.1, 0.15) is 0 Å². The first-order valence-corrected chi connectivity index (χ1v) is 8.08. The van der Waals surface area contributed by atoms with E-state index in [9.17, 15) is 4.79 Å². The number of carbonyl (C=O) groups is 1. The first-order chi connectivity index (χ1) is 8.63. The van der Waals surface area contributed by atoms with E-state index >= 15 is 0 Å². The number of rotatable bonds is 3. The largest absolute Gasteiger partial charge is 0.345 e. The molecule has 0 bridgehead atoms. The van der Waals surface area contributed by atoms with Crippen molar-refractivity contribution in [3.8, 4) is 0 Å². The molecule has 0 aromatic carbocycles. The SMILES string of the molecule is CN1CCN(CC2CCC(NC(=O)I)CC2)CC1. The highest BCUT2D eigenvalue weighted by Gasteiger charge is 2.24. The standard InChI is InChI=1S/C13H24IN3O/c1-16-6-8-17(9-7-16)10-11-2-4-12(5-3-11)15-13(14)18/h11-12H,2-10H2,1H3,(H,15,18). The Labute approximate surface area is 124 Å². The number of amides is 1.